The van der Waals surface area contributed by atoms with Crippen LogP contribution in [0.5, 0.6) is 0 Å². The zero-order chi connectivity index (χ0) is 14.8. The van der Waals surface area contributed by atoms with Gasteiger partial charge in [0.05, 0.1) is 4.92 Å². The van der Waals surface area contributed by atoms with Crippen LogP contribution >= 0.6 is 0 Å². The van der Waals surface area contributed by atoms with E-state index in [1.54, 1.807) is 0 Å². The van der Waals surface area contributed by atoms with Gasteiger partial charge in [0.2, 0.25) is 6.29 Å². The van der Waals surface area contributed by atoms with Gasteiger partial charge in [-0.05, 0) is 12.1 Å². The molecule has 3 N–H and O–H groups in total. The lowest BCUT2D eigenvalue weighted by Gasteiger charge is -2.11. The van der Waals surface area contributed by atoms with Crippen molar-refractivity contribution in [3.8, 4) is 0 Å². The number of nitrogen functional groups attached to an aromatic ring is 1. The highest BCUT2D eigenvalue weighted by Crippen LogP contribution is 2.38. The summed E-state index contributed by atoms with van der Waals surface area (Å²) in [6.45, 7) is 0. The van der Waals surface area contributed by atoms with Crippen molar-refractivity contribution in [2.24, 2.45) is 5.84 Å². The van der Waals surface area contributed by atoms with E-state index in [4.69, 9.17) is 5.84 Å². The number of benzene rings is 1. The van der Waals surface area contributed by atoms with Crippen molar-refractivity contribution >= 4 is 17.9 Å². The Hall–Kier alpha value is -2.49. The number of nitrogens with zero attached hydrogens (tertiary/aromatic N) is 1. The monoisotopic (exact) mass is 276 g/mol. The number of hydrogen-bond donors (Lipinski definition) is 2. The third-order valence-corrected chi connectivity index (χ3v) is 2.13. The lowest BCUT2D eigenvalue weighted by atomic mass is 10.0. The number of carbonyl (C=O) groups excluding carboxylic acids is 2. The van der Waals surface area contributed by atoms with Crippen molar-refractivity contribution in [1.82, 2.24) is 5.43 Å². The second-order valence-corrected chi connectivity index (χ2v) is 3.21. The van der Waals surface area contributed by atoms with Gasteiger partial charge in [-0.3, -0.25) is 25.1 Å². The number of halogens is 3. The predicted octanol–water partition coefficient (Wildman–Crippen LogP) is 0.675. The summed E-state index contributed by atoms with van der Waals surface area (Å²) in [4.78, 5) is 31.2. The third-order valence-electron chi connectivity index (χ3n) is 2.13. The van der Waals surface area contributed by atoms with Crippen molar-refractivity contribution in [1.29, 1.82) is 0 Å². The van der Waals surface area contributed by atoms with Crippen LogP contribution in [0.1, 0.15) is 21.5 Å². The molecule has 1 amide bonds. The van der Waals surface area contributed by atoms with Crippen molar-refractivity contribution in [3.05, 3.63) is 38.9 Å². The molecule has 0 aromatic heterocycles. The van der Waals surface area contributed by atoms with Gasteiger partial charge in [0.15, 0.2) is 0 Å². The normalized spacial score (nSPS) is 10.9. The van der Waals surface area contributed by atoms with Gasteiger partial charge in [0.1, 0.15) is 11.1 Å². The summed E-state index contributed by atoms with van der Waals surface area (Å²) < 4.78 is 37.9. The van der Waals surface area contributed by atoms with Crippen molar-refractivity contribution in [2.75, 3.05) is 0 Å². The highest BCUT2D eigenvalue weighted by atomic mass is 19.4. The number of amides is 1. The van der Waals surface area contributed by atoms with E-state index >= 15 is 0 Å². The molecule has 0 fully saturated rings. The zero-order valence-electron chi connectivity index (χ0n) is 8.95. The van der Waals surface area contributed by atoms with E-state index in [-0.39, 0.29) is 0 Å². The molecule has 0 saturated heterocycles. The lowest BCUT2D eigenvalue weighted by molar-refractivity contribution is -0.388. The van der Waals surface area contributed by atoms with Crippen molar-refractivity contribution in [2.45, 2.75) is 6.18 Å². The van der Waals surface area contributed by atoms with E-state index in [1.807, 2.05) is 0 Å². The molecule has 0 unspecified atom stereocenters. The Morgan fingerprint density at radius 1 is 1.42 bits per heavy atom. The Labute approximate surface area is 103 Å². The Morgan fingerprint density at radius 2 is 2.00 bits per heavy atom. The van der Waals surface area contributed by atoms with Crippen LogP contribution < -0.4 is 11.3 Å². The SMILES string of the molecule is NNC(=O)c1c([C]=O)ccc(C(F)(F)F)c1[N+](=O)[O-]. The summed E-state index contributed by atoms with van der Waals surface area (Å²) in [5, 5.41) is 10.7. The highest BCUT2D eigenvalue weighted by Gasteiger charge is 2.42. The fraction of sp³-hybridized carbons (Fsp3) is 0.111. The first-order valence-electron chi connectivity index (χ1n) is 4.51. The van der Waals surface area contributed by atoms with Gasteiger partial charge in [-0.2, -0.15) is 13.2 Å². The minimum Gasteiger partial charge on any atom is -0.290 e. The number of alkyl halides is 3. The second-order valence-electron chi connectivity index (χ2n) is 3.21. The topological polar surface area (TPSA) is 115 Å². The van der Waals surface area contributed by atoms with Crippen LogP contribution in [0.3, 0.4) is 0 Å². The number of nitro benzene ring substituents is 1. The largest absolute Gasteiger partial charge is 0.423 e. The zero-order valence-corrected chi connectivity index (χ0v) is 8.95. The number of hydrogen-bond acceptors (Lipinski definition) is 5. The smallest absolute Gasteiger partial charge is 0.290 e. The fourth-order valence-corrected chi connectivity index (χ4v) is 1.40. The van der Waals surface area contributed by atoms with E-state index < -0.39 is 39.4 Å². The molecule has 1 radical (unpaired) electrons. The molecule has 1 aromatic carbocycles. The average Bonchev–Trinajstić information content (AvgIpc) is 2.34. The highest BCUT2D eigenvalue weighted by molar-refractivity contribution is 6.05. The first-order chi connectivity index (χ1) is 8.73. The summed E-state index contributed by atoms with van der Waals surface area (Å²) in [6.07, 6.45) is -3.92. The Bertz CT molecular complexity index is 556. The van der Waals surface area contributed by atoms with Gasteiger partial charge >= 0.3 is 6.18 Å². The molecule has 0 saturated carbocycles. The van der Waals surface area contributed by atoms with Crippen LogP contribution in [0.15, 0.2) is 12.1 Å². The lowest BCUT2D eigenvalue weighted by Crippen LogP contribution is -2.32. The van der Waals surface area contributed by atoms with E-state index in [9.17, 15) is 32.9 Å². The summed E-state index contributed by atoms with van der Waals surface area (Å²) >= 11 is 0. The van der Waals surface area contributed by atoms with Gasteiger partial charge in [-0.25, -0.2) is 5.84 Å². The van der Waals surface area contributed by atoms with Gasteiger partial charge in [0, 0.05) is 5.56 Å². The van der Waals surface area contributed by atoms with Crippen molar-refractivity contribution in [3.63, 3.8) is 0 Å². The predicted molar refractivity (Wildman–Crippen MR) is 54.5 cm³/mol. The van der Waals surface area contributed by atoms with Crippen LogP contribution in [0.4, 0.5) is 18.9 Å². The van der Waals surface area contributed by atoms with Gasteiger partial charge in [0.25, 0.3) is 11.6 Å². The van der Waals surface area contributed by atoms with E-state index in [0.29, 0.717) is 12.1 Å². The molecule has 7 nitrogen and oxygen atoms in total. The van der Waals surface area contributed by atoms with Gasteiger partial charge in [-0.15, -0.1) is 0 Å². The number of hydrazine groups is 1. The maximum absolute atomic E-state index is 12.6. The molecule has 0 aliphatic rings. The van der Waals surface area contributed by atoms with Crippen LogP contribution in [-0.4, -0.2) is 17.1 Å². The molecule has 19 heavy (non-hydrogen) atoms. The van der Waals surface area contributed by atoms with Crippen LogP contribution in [0, 0.1) is 10.1 Å². The maximum atomic E-state index is 12.6. The Kier molecular flexibility index (Phi) is 3.85. The molecule has 0 spiro atoms. The number of nitrogens with two attached hydrogens (primary N) is 1. The minimum absolute atomic E-state index is 0.325. The van der Waals surface area contributed by atoms with E-state index in [2.05, 4.69) is 0 Å². The average molecular weight is 276 g/mol. The molecule has 1 aromatic rings. The first-order valence-corrected chi connectivity index (χ1v) is 4.51. The van der Waals surface area contributed by atoms with Crippen LogP contribution in [0.2, 0.25) is 0 Å². The molecule has 10 heteroatoms. The first kappa shape index (κ1) is 14.6. The molecular formula is C9H5F3N3O4. The van der Waals surface area contributed by atoms with Gasteiger partial charge in [-0.1, -0.05) is 0 Å². The summed E-state index contributed by atoms with van der Waals surface area (Å²) in [7, 11) is 0. The van der Waals surface area contributed by atoms with Crippen molar-refractivity contribution < 1.29 is 27.7 Å². The number of carbonyl (C=O) groups is 1. The van der Waals surface area contributed by atoms with E-state index in [1.165, 1.54) is 5.43 Å². The molecule has 101 valence electrons. The molecule has 0 aliphatic heterocycles. The molecule has 1 rings (SSSR count). The minimum atomic E-state index is -5.06. The fourth-order valence-electron chi connectivity index (χ4n) is 1.40. The number of nitrogens with one attached hydrogen (secondary N) is 1. The summed E-state index contributed by atoms with van der Waals surface area (Å²) in [5.41, 5.74) is -3.54. The molecule has 0 heterocycles. The maximum Gasteiger partial charge on any atom is 0.423 e. The Balaban J connectivity index is 3.78. The summed E-state index contributed by atoms with van der Waals surface area (Å²) in [5.74, 6) is 3.33. The van der Waals surface area contributed by atoms with E-state index in [0.717, 1.165) is 6.29 Å². The van der Waals surface area contributed by atoms with Crippen LogP contribution in [-0.2, 0) is 11.0 Å². The third kappa shape index (κ3) is 2.68. The van der Waals surface area contributed by atoms with Crippen LogP contribution in [0.25, 0.3) is 0 Å². The quantitative estimate of drug-likeness (QED) is 0.364. The second kappa shape index (κ2) is 5.02. The molecule has 0 bridgehead atoms. The summed E-state index contributed by atoms with van der Waals surface area (Å²) in [6, 6.07) is 0.930. The molecular weight excluding hydrogens is 271 g/mol. The Morgan fingerprint density at radius 3 is 2.37 bits per heavy atom. The number of rotatable bonds is 3. The molecule has 0 atom stereocenters. The van der Waals surface area contributed by atoms with Gasteiger partial charge < -0.3 is 0 Å². The standard InChI is InChI=1S/C9H5F3N3O4/c10-9(11,12)5-2-1-4(3-16)6(8(17)14-13)7(5)15(18)19/h1-2H,13H2,(H,14,17). The number of nitro groups is 1. The molecule has 0 aliphatic carbocycles.